The Labute approximate surface area is 69.8 Å². The third-order valence-corrected chi connectivity index (χ3v) is 0.992. The minimum atomic E-state index is -0.998. The van der Waals surface area contributed by atoms with E-state index in [1.807, 2.05) is 0 Å². The molecule has 0 radical (unpaired) electrons. The maximum atomic E-state index is 9.98. The number of carbonyl (C=O) groups is 2. The van der Waals surface area contributed by atoms with Crippen LogP contribution >= 0.6 is 0 Å². The van der Waals surface area contributed by atoms with Gasteiger partial charge in [-0.15, -0.1) is 0 Å². The van der Waals surface area contributed by atoms with E-state index in [-0.39, 0.29) is 6.42 Å². The number of aliphatic carboxylic acids is 2. The molecule has 0 fully saturated rings. The highest BCUT2D eigenvalue weighted by atomic mass is 16.4. The summed E-state index contributed by atoms with van der Waals surface area (Å²) < 4.78 is 0. The van der Waals surface area contributed by atoms with E-state index in [9.17, 15) is 9.59 Å². The molecule has 0 spiro atoms. The Hall–Kier alpha value is -1.58. The maximum absolute atomic E-state index is 9.98. The smallest absolute Gasteiger partial charge is 0.327 e. The van der Waals surface area contributed by atoms with E-state index >= 15 is 0 Å². The molecule has 0 rings (SSSR count). The third kappa shape index (κ3) is 8.42. The zero-order valence-electron chi connectivity index (χ0n) is 6.43. The van der Waals surface area contributed by atoms with E-state index in [1.165, 1.54) is 12.2 Å². The summed E-state index contributed by atoms with van der Waals surface area (Å²) in [5, 5.41) is 16.3. The van der Waals surface area contributed by atoms with Gasteiger partial charge in [0, 0.05) is 6.08 Å². The van der Waals surface area contributed by atoms with Crippen LogP contribution in [0.4, 0.5) is 0 Å². The molecule has 2 N–H and O–H groups in total. The van der Waals surface area contributed by atoms with E-state index in [1.54, 1.807) is 6.08 Å². The molecule has 0 aromatic heterocycles. The molecule has 0 aliphatic heterocycles. The van der Waals surface area contributed by atoms with E-state index in [0.29, 0.717) is 6.42 Å². The molecule has 0 bridgehead atoms. The van der Waals surface area contributed by atoms with Crippen LogP contribution in [0.2, 0.25) is 0 Å². The normalized spacial score (nSPS) is 11.0. The number of allylic oxidation sites excluding steroid dienone is 2. The summed E-state index contributed by atoms with van der Waals surface area (Å²) in [7, 11) is 0. The number of carboxylic acids is 2. The van der Waals surface area contributed by atoms with Crippen molar-refractivity contribution in [1.82, 2.24) is 0 Å². The Bertz CT molecular complexity index is 215. The summed E-state index contributed by atoms with van der Waals surface area (Å²) in [4.78, 5) is 19.9. The highest BCUT2D eigenvalue weighted by molar-refractivity contribution is 5.79. The van der Waals surface area contributed by atoms with Crippen molar-refractivity contribution in [2.24, 2.45) is 0 Å². The van der Waals surface area contributed by atoms with Crippen molar-refractivity contribution in [3.8, 4) is 0 Å². The molecule has 66 valence electrons. The zero-order chi connectivity index (χ0) is 9.40. The van der Waals surface area contributed by atoms with Crippen LogP contribution in [-0.4, -0.2) is 22.2 Å². The molecule has 0 aromatic rings. The SMILES string of the molecule is O=C(O)/C=C\CC=CCC(=O)O. The van der Waals surface area contributed by atoms with Gasteiger partial charge in [-0.1, -0.05) is 18.2 Å². The fourth-order valence-electron chi connectivity index (χ4n) is 0.528. The van der Waals surface area contributed by atoms with Crippen LogP contribution in [0, 0.1) is 0 Å². The molecular weight excluding hydrogens is 160 g/mol. The van der Waals surface area contributed by atoms with Crippen molar-refractivity contribution >= 4 is 11.9 Å². The molecule has 0 atom stereocenters. The summed E-state index contributed by atoms with van der Waals surface area (Å²) in [6.45, 7) is 0. The van der Waals surface area contributed by atoms with Crippen molar-refractivity contribution in [2.75, 3.05) is 0 Å². The summed E-state index contributed by atoms with van der Waals surface area (Å²) in [5.41, 5.74) is 0. The Morgan fingerprint density at radius 2 is 1.75 bits per heavy atom. The van der Waals surface area contributed by atoms with E-state index in [0.717, 1.165) is 6.08 Å². The zero-order valence-corrected chi connectivity index (χ0v) is 6.43. The van der Waals surface area contributed by atoms with Crippen molar-refractivity contribution in [3.05, 3.63) is 24.3 Å². The van der Waals surface area contributed by atoms with Gasteiger partial charge in [0.05, 0.1) is 6.42 Å². The summed E-state index contributed by atoms with van der Waals surface area (Å²) >= 11 is 0. The average Bonchev–Trinajstić information content (AvgIpc) is 1.95. The Balaban J connectivity index is 3.49. The molecular formula is C8H10O4. The fourth-order valence-corrected chi connectivity index (χ4v) is 0.528. The molecule has 0 saturated carbocycles. The van der Waals surface area contributed by atoms with Gasteiger partial charge < -0.3 is 10.2 Å². The lowest BCUT2D eigenvalue weighted by molar-refractivity contribution is -0.136. The average molecular weight is 170 g/mol. The predicted molar refractivity (Wildman–Crippen MR) is 42.8 cm³/mol. The molecule has 0 amide bonds. The fraction of sp³-hybridized carbons (Fsp3) is 0.250. The van der Waals surface area contributed by atoms with E-state index in [2.05, 4.69) is 0 Å². The predicted octanol–water partition coefficient (Wildman–Crippen LogP) is 1.05. The van der Waals surface area contributed by atoms with Gasteiger partial charge in [-0.25, -0.2) is 4.79 Å². The summed E-state index contributed by atoms with van der Waals surface area (Å²) in [6.07, 6.45) is 5.97. The van der Waals surface area contributed by atoms with Crippen molar-refractivity contribution in [3.63, 3.8) is 0 Å². The van der Waals surface area contributed by atoms with Gasteiger partial charge in [-0.3, -0.25) is 4.79 Å². The molecule has 4 nitrogen and oxygen atoms in total. The van der Waals surface area contributed by atoms with Gasteiger partial charge >= 0.3 is 11.9 Å². The number of rotatable bonds is 5. The lowest BCUT2D eigenvalue weighted by atomic mass is 10.3. The lowest BCUT2D eigenvalue weighted by Gasteiger charge is -1.82. The van der Waals surface area contributed by atoms with Gasteiger partial charge in [-0.05, 0) is 6.42 Å². The third-order valence-electron chi connectivity index (χ3n) is 0.992. The quantitative estimate of drug-likeness (QED) is 0.477. The summed E-state index contributed by atoms with van der Waals surface area (Å²) in [6, 6.07) is 0. The second-order valence-electron chi connectivity index (χ2n) is 2.05. The first-order valence-electron chi connectivity index (χ1n) is 3.39. The Morgan fingerprint density at radius 1 is 1.08 bits per heavy atom. The van der Waals surface area contributed by atoms with Crippen LogP contribution in [0.3, 0.4) is 0 Å². The minimum absolute atomic E-state index is 0.0269. The van der Waals surface area contributed by atoms with Crippen LogP contribution in [0.1, 0.15) is 12.8 Å². The first-order chi connectivity index (χ1) is 5.63. The molecule has 0 aliphatic carbocycles. The maximum Gasteiger partial charge on any atom is 0.327 e. The first-order valence-corrected chi connectivity index (χ1v) is 3.39. The highest BCUT2D eigenvalue weighted by Crippen LogP contribution is 1.89. The van der Waals surface area contributed by atoms with Gasteiger partial charge in [-0.2, -0.15) is 0 Å². The van der Waals surface area contributed by atoms with Crippen LogP contribution in [-0.2, 0) is 9.59 Å². The minimum Gasteiger partial charge on any atom is -0.481 e. The molecule has 12 heavy (non-hydrogen) atoms. The van der Waals surface area contributed by atoms with Crippen molar-refractivity contribution in [1.29, 1.82) is 0 Å². The topological polar surface area (TPSA) is 74.6 Å². The second kappa shape index (κ2) is 6.15. The Morgan fingerprint density at radius 3 is 2.25 bits per heavy atom. The molecule has 0 heterocycles. The van der Waals surface area contributed by atoms with E-state index in [4.69, 9.17) is 10.2 Å². The van der Waals surface area contributed by atoms with Crippen LogP contribution in [0.5, 0.6) is 0 Å². The first kappa shape index (κ1) is 10.4. The molecule has 0 saturated heterocycles. The number of hydrogen-bond donors (Lipinski definition) is 2. The second-order valence-corrected chi connectivity index (χ2v) is 2.05. The standard InChI is InChI=1S/C8H10O4/c9-7(10)5-3-1-2-4-6-8(11)12/h1,3-4,6H,2,5H2,(H,9,10)(H,11,12)/b3-1?,6-4-. The molecule has 4 heteroatoms. The van der Waals surface area contributed by atoms with Crippen LogP contribution in [0.25, 0.3) is 0 Å². The lowest BCUT2D eigenvalue weighted by Crippen LogP contribution is -1.89. The number of carboxylic acid groups (broad SMARTS) is 2. The Kier molecular flexibility index (Phi) is 5.34. The largest absolute Gasteiger partial charge is 0.481 e. The monoisotopic (exact) mass is 170 g/mol. The molecule has 0 aliphatic rings. The van der Waals surface area contributed by atoms with E-state index < -0.39 is 11.9 Å². The van der Waals surface area contributed by atoms with Crippen molar-refractivity contribution in [2.45, 2.75) is 12.8 Å². The van der Waals surface area contributed by atoms with Crippen LogP contribution < -0.4 is 0 Å². The number of hydrogen-bond acceptors (Lipinski definition) is 2. The molecule has 0 unspecified atom stereocenters. The summed E-state index contributed by atoms with van der Waals surface area (Å²) in [5.74, 6) is -1.89. The van der Waals surface area contributed by atoms with Gasteiger partial charge in [0.2, 0.25) is 0 Å². The van der Waals surface area contributed by atoms with Gasteiger partial charge in [0.1, 0.15) is 0 Å². The highest BCUT2D eigenvalue weighted by Gasteiger charge is 1.87. The van der Waals surface area contributed by atoms with Gasteiger partial charge in [0.25, 0.3) is 0 Å². The van der Waals surface area contributed by atoms with Gasteiger partial charge in [0.15, 0.2) is 0 Å². The van der Waals surface area contributed by atoms with Crippen LogP contribution in [0.15, 0.2) is 24.3 Å². The van der Waals surface area contributed by atoms with Crippen molar-refractivity contribution < 1.29 is 19.8 Å². The molecule has 0 aromatic carbocycles.